The van der Waals surface area contributed by atoms with Gasteiger partial charge in [-0.05, 0) is 52.7 Å². The van der Waals surface area contributed by atoms with Crippen LogP contribution < -0.4 is 10.0 Å². The van der Waals surface area contributed by atoms with Gasteiger partial charge in [0.2, 0.25) is 10.0 Å². The summed E-state index contributed by atoms with van der Waals surface area (Å²) in [7, 11) is -2.65. The van der Waals surface area contributed by atoms with E-state index < -0.39 is 27.7 Å². The summed E-state index contributed by atoms with van der Waals surface area (Å²) in [4.78, 5) is 23.5. The zero-order valence-electron chi connectivity index (χ0n) is 14.9. The molecule has 0 saturated heterocycles. The van der Waals surface area contributed by atoms with Gasteiger partial charge >= 0.3 is 5.97 Å². The fraction of sp³-hybridized carbons (Fsp3) is 0.222. The highest BCUT2D eigenvalue weighted by Gasteiger charge is 2.18. The van der Waals surface area contributed by atoms with Gasteiger partial charge in [0.05, 0.1) is 23.1 Å². The summed E-state index contributed by atoms with van der Waals surface area (Å²) in [5.74, 6) is -1.87. The van der Waals surface area contributed by atoms with Gasteiger partial charge in [-0.1, -0.05) is 12.1 Å². The van der Waals surface area contributed by atoms with Crippen molar-refractivity contribution in [1.82, 2.24) is 10.0 Å². The van der Waals surface area contributed by atoms with Crippen molar-refractivity contribution in [3.05, 3.63) is 63.9 Å². The molecule has 0 fully saturated rings. The van der Waals surface area contributed by atoms with Crippen molar-refractivity contribution in [2.24, 2.45) is 0 Å². The van der Waals surface area contributed by atoms with E-state index in [9.17, 15) is 22.4 Å². The van der Waals surface area contributed by atoms with Gasteiger partial charge in [-0.3, -0.25) is 4.79 Å². The molecule has 0 aromatic heterocycles. The SMILES string of the molecule is COC(=O)c1cc(S(=O)(=O)NCCCNC(=O)c2ccccc2F)ccc1Br. The van der Waals surface area contributed by atoms with Gasteiger partial charge in [0.15, 0.2) is 0 Å². The smallest absolute Gasteiger partial charge is 0.339 e. The number of esters is 1. The number of sulfonamides is 1. The zero-order chi connectivity index (χ0) is 20.7. The Kier molecular flexibility index (Phi) is 7.67. The standard InChI is InChI=1S/C18H18BrFN2O5S/c1-27-18(24)14-11-12(7-8-15(14)19)28(25,26)22-10-4-9-21-17(23)13-5-2-3-6-16(13)20/h2-3,5-8,11,22H,4,9-10H2,1H3,(H,21,23). The molecule has 0 bridgehead atoms. The Bertz CT molecular complexity index is 982. The van der Waals surface area contributed by atoms with Gasteiger partial charge in [0.1, 0.15) is 5.82 Å². The Balaban J connectivity index is 1.89. The minimum Gasteiger partial charge on any atom is -0.465 e. The molecule has 2 rings (SSSR count). The van der Waals surface area contributed by atoms with Gasteiger partial charge in [-0.15, -0.1) is 0 Å². The van der Waals surface area contributed by atoms with Gasteiger partial charge in [-0.2, -0.15) is 0 Å². The molecule has 10 heteroatoms. The second-order valence-electron chi connectivity index (χ2n) is 5.62. The molecule has 0 radical (unpaired) electrons. The van der Waals surface area contributed by atoms with E-state index in [1.807, 2.05) is 0 Å². The summed E-state index contributed by atoms with van der Waals surface area (Å²) in [6.07, 6.45) is 0.291. The molecule has 2 N–H and O–H groups in total. The molecule has 0 spiro atoms. The van der Waals surface area contributed by atoms with E-state index in [0.717, 1.165) is 0 Å². The summed E-state index contributed by atoms with van der Waals surface area (Å²) in [6, 6.07) is 9.57. The molecular formula is C18H18BrFN2O5S. The minimum atomic E-state index is -3.85. The molecule has 1 amide bonds. The lowest BCUT2D eigenvalue weighted by Crippen LogP contribution is -2.30. The van der Waals surface area contributed by atoms with Crippen molar-refractivity contribution < 1.29 is 27.1 Å². The highest BCUT2D eigenvalue weighted by Crippen LogP contribution is 2.21. The van der Waals surface area contributed by atoms with Crippen molar-refractivity contribution >= 4 is 37.8 Å². The van der Waals surface area contributed by atoms with E-state index >= 15 is 0 Å². The van der Waals surface area contributed by atoms with Crippen LogP contribution in [0.15, 0.2) is 51.8 Å². The predicted octanol–water partition coefficient (Wildman–Crippen LogP) is 2.47. The van der Waals surface area contributed by atoms with Crippen LogP contribution in [0, 0.1) is 5.82 Å². The Morgan fingerprint density at radius 2 is 1.82 bits per heavy atom. The molecule has 0 aliphatic carbocycles. The molecule has 0 heterocycles. The second-order valence-corrected chi connectivity index (χ2v) is 8.24. The Labute approximate surface area is 170 Å². The number of rotatable bonds is 8. The van der Waals surface area contributed by atoms with Gasteiger partial charge in [0.25, 0.3) is 5.91 Å². The van der Waals surface area contributed by atoms with Crippen LogP contribution in [-0.2, 0) is 14.8 Å². The maximum Gasteiger partial charge on any atom is 0.339 e. The number of amides is 1. The third kappa shape index (κ3) is 5.60. The number of methoxy groups -OCH3 is 1. The lowest BCUT2D eigenvalue weighted by Gasteiger charge is -2.10. The highest BCUT2D eigenvalue weighted by atomic mass is 79.9. The summed E-state index contributed by atoms with van der Waals surface area (Å²) in [5, 5.41) is 2.52. The topological polar surface area (TPSA) is 102 Å². The second kappa shape index (κ2) is 9.76. The van der Waals surface area contributed by atoms with E-state index in [0.29, 0.717) is 10.9 Å². The average molecular weight is 473 g/mol. The molecule has 0 aliphatic heterocycles. The van der Waals surface area contributed by atoms with Gasteiger partial charge in [0, 0.05) is 17.6 Å². The summed E-state index contributed by atoms with van der Waals surface area (Å²) < 4.78 is 45.6. The third-order valence-corrected chi connectivity index (χ3v) is 5.85. The molecule has 0 atom stereocenters. The number of halogens is 2. The summed E-state index contributed by atoms with van der Waals surface area (Å²) in [6.45, 7) is 0.201. The maximum atomic E-state index is 13.5. The number of hydrogen-bond donors (Lipinski definition) is 2. The minimum absolute atomic E-state index is 0.0451. The van der Waals surface area contributed by atoms with Crippen LogP contribution in [0.1, 0.15) is 27.1 Å². The first kappa shape index (κ1) is 22.0. The van der Waals surface area contributed by atoms with E-state index in [2.05, 4.69) is 30.7 Å². The molecule has 2 aromatic rings. The molecule has 28 heavy (non-hydrogen) atoms. The van der Waals surface area contributed by atoms with E-state index in [4.69, 9.17) is 0 Å². The van der Waals surface area contributed by atoms with Gasteiger partial charge in [-0.25, -0.2) is 22.3 Å². The number of carbonyl (C=O) groups excluding carboxylic acids is 2. The summed E-state index contributed by atoms with van der Waals surface area (Å²) >= 11 is 3.17. The monoisotopic (exact) mass is 472 g/mol. The van der Waals surface area contributed by atoms with Crippen LogP contribution in [-0.4, -0.2) is 40.5 Å². The normalized spacial score (nSPS) is 11.1. The predicted molar refractivity (Wildman–Crippen MR) is 104 cm³/mol. The molecule has 0 aliphatic rings. The Hall–Kier alpha value is -2.30. The van der Waals surface area contributed by atoms with Crippen LogP contribution >= 0.6 is 15.9 Å². The van der Waals surface area contributed by atoms with Crippen molar-refractivity contribution in [3.63, 3.8) is 0 Å². The van der Waals surface area contributed by atoms with Crippen LogP contribution in [0.4, 0.5) is 4.39 Å². The van der Waals surface area contributed by atoms with Crippen molar-refractivity contribution in [2.75, 3.05) is 20.2 Å². The quantitative estimate of drug-likeness (QED) is 0.453. The Morgan fingerprint density at radius 3 is 2.50 bits per heavy atom. The third-order valence-electron chi connectivity index (χ3n) is 3.70. The first-order valence-electron chi connectivity index (χ1n) is 8.16. The van der Waals surface area contributed by atoms with Crippen molar-refractivity contribution in [2.45, 2.75) is 11.3 Å². The van der Waals surface area contributed by atoms with Crippen LogP contribution in [0.3, 0.4) is 0 Å². The van der Waals surface area contributed by atoms with Crippen LogP contribution in [0.5, 0.6) is 0 Å². The molecule has 2 aromatic carbocycles. The number of ether oxygens (including phenoxy) is 1. The first-order valence-corrected chi connectivity index (χ1v) is 10.4. The first-order chi connectivity index (χ1) is 13.3. The van der Waals surface area contributed by atoms with E-state index in [1.165, 1.54) is 43.5 Å². The fourth-order valence-electron chi connectivity index (χ4n) is 2.26. The molecule has 0 saturated carbocycles. The molecule has 150 valence electrons. The fourth-order valence-corrected chi connectivity index (χ4v) is 3.77. The largest absolute Gasteiger partial charge is 0.465 e. The van der Waals surface area contributed by atoms with Crippen LogP contribution in [0.25, 0.3) is 0 Å². The van der Waals surface area contributed by atoms with E-state index in [1.54, 1.807) is 6.07 Å². The lowest BCUT2D eigenvalue weighted by atomic mass is 10.2. The number of benzene rings is 2. The Morgan fingerprint density at radius 1 is 1.11 bits per heavy atom. The zero-order valence-corrected chi connectivity index (χ0v) is 17.3. The van der Waals surface area contributed by atoms with E-state index in [-0.39, 0.29) is 29.1 Å². The average Bonchev–Trinajstić information content (AvgIpc) is 2.67. The number of hydrogen-bond acceptors (Lipinski definition) is 5. The summed E-state index contributed by atoms with van der Waals surface area (Å²) in [5.41, 5.74) is 0.0100. The van der Waals surface area contributed by atoms with Crippen LogP contribution in [0.2, 0.25) is 0 Å². The van der Waals surface area contributed by atoms with Crippen molar-refractivity contribution in [3.8, 4) is 0 Å². The number of carbonyl (C=O) groups is 2. The van der Waals surface area contributed by atoms with Crippen molar-refractivity contribution in [1.29, 1.82) is 0 Å². The number of nitrogens with one attached hydrogen (secondary N) is 2. The van der Waals surface area contributed by atoms with Gasteiger partial charge < -0.3 is 10.1 Å². The highest BCUT2D eigenvalue weighted by molar-refractivity contribution is 9.10. The maximum absolute atomic E-state index is 13.5. The molecule has 0 unspecified atom stereocenters. The molecule has 7 nitrogen and oxygen atoms in total. The lowest BCUT2D eigenvalue weighted by molar-refractivity contribution is 0.0599. The molecular weight excluding hydrogens is 455 g/mol.